The van der Waals surface area contributed by atoms with Crippen LogP contribution in [0.1, 0.15) is 111 Å². The zero-order valence-electron chi connectivity index (χ0n) is 31.6. The van der Waals surface area contributed by atoms with E-state index in [1.807, 2.05) is 11.8 Å². The van der Waals surface area contributed by atoms with Crippen LogP contribution in [0.4, 0.5) is 0 Å². The number of thiol groups is 1. The Morgan fingerprint density at radius 1 is 0.878 bits per heavy atom. The minimum atomic E-state index is -1.01. The summed E-state index contributed by atoms with van der Waals surface area (Å²) in [7, 11) is 0. The first-order valence-electron chi connectivity index (χ1n) is 18.0. The van der Waals surface area contributed by atoms with Gasteiger partial charge in [0.2, 0.25) is 17.7 Å². The number of ether oxygens (including phenoxy) is 1. The first kappa shape index (κ1) is 44.4. The minimum Gasteiger partial charge on any atom is -0.480 e. The van der Waals surface area contributed by atoms with Crippen molar-refractivity contribution in [1.29, 1.82) is 0 Å². The maximum absolute atomic E-state index is 13.4. The molecule has 0 bridgehead atoms. The Bertz CT molecular complexity index is 1160. The molecular weight excluding hydrogens is 641 g/mol. The number of carbonyl (C=O) groups is 4. The van der Waals surface area contributed by atoms with Gasteiger partial charge in [-0.1, -0.05) is 71.4 Å². The van der Waals surface area contributed by atoms with Crippen LogP contribution in [0, 0.1) is 24.2 Å². The number of nitrogens with two attached hydrogens (primary N) is 1. The summed E-state index contributed by atoms with van der Waals surface area (Å²) >= 11 is 4.91. The second kappa shape index (κ2) is 22.2. The van der Waals surface area contributed by atoms with Gasteiger partial charge in [-0.2, -0.15) is 0 Å². The van der Waals surface area contributed by atoms with Crippen LogP contribution >= 0.6 is 12.6 Å². The molecular formula is C38H66N4O6S. The van der Waals surface area contributed by atoms with Crippen molar-refractivity contribution >= 4 is 36.3 Å². The second-order valence-corrected chi connectivity index (χ2v) is 16.4. The molecule has 0 fully saturated rings. The lowest BCUT2D eigenvalue weighted by molar-refractivity contribution is -0.139. The second-order valence-electron chi connectivity index (χ2n) is 15.4. The van der Waals surface area contributed by atoms with Crippen molar-refractivity contribution in [3.8, 4) is 0 Å². The highest BCUT2D eigenvalue weighted by molar-refractivity contribution is 7.81. The molecule has 49 heavy (non-hydrogen) atoms. The standard InChI is InChI=1S/C38H66N4O6S/c1-28(2)23-41(34(44)21-20-31-18-16-30(5)17-19-31)25-37(6,7)26-48-27-38(8,49)42(24-29(3)4)35(45)15-10-9-14-33(43)40-22-12-11-13-32(39)36(46)47/h16-19,28-29,32,49H,9-15,20-27,39H2,1-8H3,(H,40,43)(H,46,47)/t32-,38?/m0/s1. The Balaban J connectivity index is 2.61. The molecule has 11 heteroatoms. The molecule has 1 aromatic rings. The van der Waals surface area contributed by atoms with Crippen molar-refractivity contribution in [2.45, 2.75) is 124 Å². The van der Waals surface area contributed by atoms with Gasteiger partial charge in [-0.15, -0.1) is 12.6 Å². The molecule has 0 aliphatic heterocycles. The molecule has 0 saturated heterocycles. The molecule has 1 unspecified atom stereocenters. The van der Waals surface area contributed by atoms with E-state index in [0.29, 0.717) is 96.5 Å². The van der Waals surface area contributed by atoms with Crippen LogP contribution in [-0.2, 0) is 30.3 Å². The summed E-state index contributed by atoms with van der Waals surface area (Å²) < 4.78 is 6.24. The normalized spacial score (nSPS) is 13.6. The van der Waals surface area contributed by atoms with Crippen LogP contribution in [0.3, 0.4) is 0 Å². The molecule has 10 nitrogen and oxygen atoms in total. The molecule has 0 heterocycles. The molecule has 0 saturated carbocycles. The maximum atomic E-state index is 13.4. The summed E-state index contributed by atoms with van der Waals surface area (Å²) in [6.07, 6.45) is 4.64. The van der Waals surface area contributed by atoms with E-state index in [1.165, 1.54) is 5.56 Å². The van der Waals surface area contributed by atoms with Crippen LogP contribution < -0.4 is 11.1 Å². The Morgan fingerprint density at radius 2 is 1.49 bits per heavy atom. The van der Waals surface area contributed by atoms with Gasteiger partial charge in [0.25, 0.3) is 0 Å². The van der Waals surface area contributed by atoms with E-state index < -0.39 is 16.9 Å². The van der Waals surface area contributed by atoms with Crippen LogP contribution in [-0.4, -0.2) is 88.9 Å². The van der Waals surface area contributed by atoms with Crippen molar-refractivity contribution in [2.24, 2.45) is 23.0 Å². The fourth-order valence-corrected chi connectivity index (χ4v) is 5.86. The van der Waals surface area contributed by atoms with Crippen molar-refractivity contribution in [3.05, 3.63) is 35.4 Å². The third kappa shape index (κ3) is 19.4. The van der Waals surface area contributed by atoms with E-state index >= 15 is 0 Å². The number of carbonyl (C=O) groups excluding carboxylic acids is 3. The number of amides is 3. The molecule has 2 atom stereocenters. The molecule has 0 radical (unpaired) electrons. The topological polar surface area (TPSA) is 142 Å². The monoisotopic (exact) mass is 706 g/mol. The van der Waals surface area contributed by atoms with E-state index in [2.05, 4.69) is 78.0 Å². The molecule has 0 aliphatic rings. The lowest BCUT2D eigenvalue weighted by Crippen LogP contribution is -2.51. The number of hydrogen-bond donors (Lipinski definition) is 4. The van der Waals surface area contributed by atoms with Crippen LogP contribution in [0.15, 0.2) is 24.3 Å². The smallest absolute Gasteiger partial charge is 0.320 e. The molecule has 0 spiro atoms. The third-order valence-electron chi connectivity index (χ3n) is 8.23. The van der Waals surface area contributed by atoms with Crippen molar-refractivity contribution in [2.75, 3.05) is 39.4 Å². The Kier molecular flexibility index (Phi) is 20.2. The molecule has 0 aromatic heterocycles. The fourth-order valence-electron chi connectivity index (χ4n) is 5.58. The molecule has 0 aliphatic carbocycles. The first-order chi connectivity index (χ1) is 22.8. The highest BCUT2D eigenvalue weighted by atomic mass is 32.1. The van der Waals surface area contributed by atoms with E-state index in [0.717, 1.165) is 5.56 Å². The van der Waals surface area contributed by atoms with Gasteiger partial charge in [-0.05, 0) is 69.8 Å². The number of hydrogen-bond acceptors (Lipinski definition) is 7. The van der Waals surface area contributed by atoms with E-state index in [1.54, 1.807) is 4.90 Å². The summed E-state index contributed by atoms with van der Waals surface area (Å²) in [5.74, 6) is -0.397. The molecule has 4 N–H and O–H groups in total. The summed E-state index contributed by atoms with van der Waals surface area (Å²) in [6.45, 7) is 19.5. The summed E-state index contributed by atoms with van der Waals surface area (Å²) in [5, 5.41) is 11.7. The van der Waals surface area contributed by atoms with Gasteiger partial charge < -0.3 is 30.7 Å². The van der Waals surface area contributed by atoms with E-state index in [-0.39, 0.29) is 35.7 Å². The SMILES string of the molecule is Cc1ccc(CCC(=O)N(CC(C)C)CC(C)(C)COCC(C)(S)N(CC(C)C)C(=O)CCCCC(=O)NCCCC[C@H](N)C(=O)O)cc1. The predicted molar refractivity (Wildman–Crippen MR) is 200 cm³/mol. The minimum absolute atomic E-state index is 0.0217. The summed E-state index contributed by atoms with van der Waals surface area (Å²) in [4.78, 5) is 52.7. The van der Waals surface area contributed by atoms with Crippen LogP contribution in [0.2, 0.25) is 0 Å². The lowest BCUT2D eigenvalue weighted by atomic mass is 9.93. The Labute approximate surface area is 301 Å². The zero-order valence-corrected chi connectivity index (χ0v) is 32.4. The maximum Gasteiger partial charge on any atom is 0.320 e. The van der Waals surface area contributed by atoms with Gasteiger partial charge in [-0.3, -0.25) is 19.2 Å². The quantitative estimate of drug-likeness (QED) is 0.0568. The molecule has 1 rings (SSSR count). The third-order valence-corrected chi connectivity index (χ3v) is 8.60. The predicted octanol–water partition coefficient (Wildman–Crippen LogP) is 5.84. The van der Waals surface area contributed by atoms with E-state index in [4.69, 9.17) is 28.2 Å². The van der Waals surface area contributed by atoms with Crippen LogP contribution in [0.5, 0.6) is 0 Å². The van der Waals surface area contributed by atoms with E-state index in [9.17, 15) is 19.2 Å². The van der Waals surface area contributed by atoms with Gasteiger partial charge in [0.15, 0.2) is 0 Å². The van der Waals surface area contributed by atoms with Crippen LogP contribution in [0.25, 0.3) is 0 Å². The number of aliphatic carboxylic acids is 1. The number of nitrogens with zero attached hydrogens (tertiary/aromatic N) is 2. The average Bonchev–Trinajstić information content (AvgIpc) is 3.00. The average molecular weight is 707 g/mol. The van der Waals surface area contributed by atoms with Gasteiger partial charge in [0.1, 0.15) is 10.9 Å². The molecule has 1 aromatic carbocycles. The van der Waals surface area contributed by atoms with Gasteiger partial charge in [-0.25, -0.2) is 0 Å². The number of aryl methyl sites for hydroxylation is 2. The Hall–Kier alpha value is -2.63. The fraction of sp³-hybridized carbons (Fsp3) is 0.737. The highest BCUT2D eigenvalue weighted by Crippen LogP contribution is 2.26. The zero-order chi connectivity index (χ0) is 37.2. The number of unbranched alkanes of at least 4 members (excludes halogenated alkanes) is 2. The Morgan fingerprint density at radius 3 is 2.08 bits per heavy atom. The highest BCUT2D eigenvalue weighted by Gasteiger charge is 2.34. The van der Waals surface area contributed by atoms with Crippen molar-refractivity contribution < 1.29 is 29.0 Å². The number of benzene rings is 1. The van der Waals surface area contributed by atoms with Gasteiger partial charge >= 0.3 is 5.97 Å². The van der Waals surface area contributed by atoms with Crippen molar-refractivity contribution in [1.82, 2.24) is 15.1 Å². The molecule has 3 amide bonds. The summed E-state index contributed by atoms with van der Waals surface area (Å²) in [5.41, 5.74) is 7.56. The van der Waals surface area contributed by atoms with Gasteiger partial charge in [0.05, 0.1) is 13.2 Å². The number of carboxylic acid groups (broad SMARTS) is 1. The largest absolute Gasteiger partial charge is 0.480 e. The number of nitrogens with one attached hydrogen (secondary N) is 1. The number of rotatable bonds is 25. The van der Waals surface area contributed by atoms with Crippen molar-refractivity contribution in [3.63, 3.8) is 0 Å². The lowest BCUT2D eigenvalue weighted by Gasteiger charge is -2.40. The first-order valence-corrected chi connectivity index (χ1v) is 18.5. The summed E-state index contributed by atoms with van der Waals surface area (Å²) in [6, 6.07) is 7.46. The number of carboxylic acids is 1. The molecule has 280 valence electrons. The van der Waals surface area contributed by atoms with Gasteiger partial charge in [0, 0.05) is 50.9 Å².